The number of hydrogen-bond donors (Lipinski definition) is 2. The molecule has 2 N–H and O–H groups in total. The third kappa shape index (κ3) is 2.35. The van der Waals surface area contributed by atoms with E-state index in [9.17, 15) is 5.11 Å². The first kappa shape index (κ1) is 12.6. The molecule has 4 saturated carbocycles. The minimum absolute atomic E-state index is 0.339. The fraction of sp³-hybridized carbons (Fsp3) is 1.00. The summed E-state index contributed by atoms with van der Waals surface area (Å²) in [6, 6.07) is 0. The van der Waals surface area contributed by atoms with E-state index in [1.54, 1.807) is 0 Å². The highest BCUT2D eigenvalue weighted by Gasteiger charge is 2.51. The molecule has 5 rings (SSSR count). The average molecular weight is 263 g/mol. The zero-order valence-corrected chi connectivity index (χ0v) is 12.2. The number of nitrogens with one attached hydrogen (secondary N) is 1. The second-order valence-electron chi connectivity index (χ2n) is 8.39. The van der Waals surface area contributed by atoms with E-state index in [0.29, 0.717) is 5.41 Å². The second kappa shape index (κ2) is 4.46. The molecule has 0 aromatic heterocycles. The van der Waals surface area contributed by atoms with Crippen molar-refractivity contribution in [3.05, 3.63) is 0 Å². The summed E-state index contributed by atoms with van der Waals surface area (Å²) >= 11 is 0. The van der Waals surface area contributed by atoms with Crippen LogP contribution in [0.15, 0.2) is 0 Å². The molecule has 0 radical (unpaired) electrons. The summed E-state index contributed by atoms with van der Waals surface area (Å²) in [7, 11) is 0. The molecule has 5 aliphatic rings. The van der Waals surface area contributed by atoms with Gasteiger partial charge in [0, 0.05) is 0 Å². The topological polar surface area (TPSA) is 32.3 Å². The predicted octanol–water partition coefficient (Wildman–Crippen LogP) is 3.10. The SMILES string of the molecule is OC1(CCC23CC4CC(CC(C4)C2)C3)CCNCC1. The molecule has 0 atom stereocenters. The van der Waals surface area contributed by atoms with Crippen molar-refractivity contribution >= 4 is 0 Å². The fourth-order valence-electron chi connectivity index (χ4n) is 6.24. The zero-order valence-electron chi connectivity index (χ0n) is 12.2. The highest BCUT2D eigenvalue weighted by molar-refractivity contribution is 5.02. The van der Waals surface area contributed by atoms with Crippen LogP contribution in [0.5, 0.6) is 0 Å². The van der Waals surface area contributed by atoms with Gasteiger partial charge in [0.2, 0.25) is 0 Å². The Kier molecular flexibility index (Phi) is 2.97. The number of rotatable bonds is 3. The van der Waals surface area contributed by atoms with E-state index in [1.807, 2.05) is 0 Å². The Balaban J connectivity index is 1.42. The molecule has 0 unspecified atom stereocenters. The fourth-order valence-corrected chi connectivity index (χ4v) is 6.24. The van der Waals surface area contributed by atoms with Crippen molar-refractivity contribution in [2.75, 3.05) is 13.1 Å². The number of hydrogen-bond acceptors (Lipinski definition) is 2. The van der Waals surface area contributed by atoms with Gasteiger partial charge in [-0.15, -0.1) is 0 Å². The second-order valence-corrected chi connectivity index (χ2v) is 8.39. The van der Waals surface area contributed by atoms with Gasteiger partial charge in [-0.3, -0.25) is 0 Å². The lowest BCUT2D eigenvalue weighted by molar-refractivity contribution is -0.0774. The molecule has 0 aromatic carbocycles. The van der Waals surface area contributed by atoms with Crippen LogP contribution < -0.4 is 5.32 Å². The zero-order chi connectivity index (χ0) is 12.9. The van der Waals surface area contributed by atoms with Crippen molar-refractivity contribution in [2.24, 2.45) is 23.2 Å². The first-order chi connectivity index (χ1) is 9.15. The summed E-state index contributed by atoms with van der Waals surface area (Å²) in [6.45, 7) is 2.02. The van der Waals surface area contributed by atoms with Crippen LogP contribution in [0.25, 0.3) is 0 Å². The van der Waals surface area contributed by atoms with Gasteiger partial charge in [0.1, 0.15) is 0 Å². The Morgan fingerprint density at radius 3 is 1.89 bits per heavy atom. The van der Waals surface area contributed by atoms with E-state index in [4.69, 9.17) is 0 Å². The molecule has 5 fully saturated rings. The van der Waals surface area contributed by atoms with E-state index in [2.05, 4.69) is 5.32 Å². The Hall–Kier alpha value is -0.0800. The predicted molar refractivity (Wildman–Crippen MR) is 76.9 cm³/mol. The summed E-state index contributed by atoms with van der Waals surface area (Å²) in [5, 5.41) is 14.1. The van der Waals surface area contributed by atoms with Crippen LogP contribution in [0, 0.1) is 23.2 Å². The van der Waals surface area contributed by atoms with E-state index < -0.39 is 0 Å². The molecule has 108 valence electrons. The minimum Gasteiger partial charge on any atom is -0.390 e. The van der Waals surface area contributed by atoms with E-state index in [0.717, 1.165) is 50.1 Å². The van der Waals surface area contributed by atoms with Crippen molar-refractivity contribution in [1.82, 2.24) is 5.32 Å². The molecule has 0 aromatic rings. The van der Waals surface area contributed by atoms with Crippen LogP contribution >= 0.6 is 0 Å². The molecule has 4 bridgehead atoms. The van der Waals surface area contributed by atoms with Crippen LogP contribution in [0.1, 0.15) is 64.2 Å². The van der Waals surface area contributed by atoms with Crippen LogP contribution in [-0.4, -0.2) is 23.8 Å². The van der Waals surface area contributed by atoms with E-state index >= 15 is 0 Å². The monoisotopic (exact) mass is 263 g/mol. The molecule has 0 amide bonds. The Labute approximate surface area is 117 Å². The van der Waals surface area contributed by atoms with Gasteiger partial charge < -0.3 is 10.4 Å². The van der Waals surface area contributed by atoms with E-state index in [1.165, 1.54) is 44.9 Å². The Morgan fingerprint density at radius 2 is 1.37 bits per heavy atom. The molecule has 19 heavy (non-hydrogen) atoms. The maximum atomic E-state index is 10.7. The smallest absolute Gasteiger partial charge is 0.0672 e. The molecular formula is C17H29NO. The largest absolute Gasteiger partial charge is 0.390 e. The molecule has 1 heterocycles. The maximum Gasteiger partial charge on any atom is 0.0672 e. The van der Waals surface area contributed by atoms with Crippen molar-refractivity contribution in [1.29, 1.82) is 0 Å². The summed E-state index contributed by atoms with van der Waals surface area (Å²) in [6.07, 6.45) is 13.4. The molecule has 2 nitrogen and oxygen atoms in total. The van der Waals surface area contributed by atoms with Gasteiger partial charge >= 0.3 is 0 Å². The maximum absolute atomic E-state index is 10.7. The standard InChI is InChI=1S/C17H29NO/c19-17(3-5-18-6-4-17)2-1-16-10-13-7-14(11-16)9-15(8-13)12-16/h13-15,18-19H,1-12H2. The van der Waals surface area contributed by atoms with Crippen molar-refractivity contribution in [3.8, 4) is 0 Å². The van der Waals surface area contributed by atoms with Gasteiger partial charge in [0.25, 0.3) is 0 Å². The first-order valence-corrected chi connectivity index (χ1v) is 8.58. The third-order valence-corrected chi connectivity index (χ3v) is 6.82. The van der Waals surface area contributed by atoms with Gasteiger partial charge in [0.15, 0.2) is 0 Å². The minimum atomic E-state index is -0.339. The van der Waals surface area contributed by atoms with Crippen LogP contribution in [0.3, 0.4) is 0 Å². The molecule has 1 saturated heterocycles. The number of piperidine rings is 1. The first-order valence-electron chi connectivity index (χ1n) is 8.58. The lowest BCUT2D eigenvalue weighted by atomic mass is 9.48. The normalized spacial score (nSPS) is 47.5. The lowest BCUT2D eigenvalue weighted by Crippen LogP contribution is -2.48. The van der Waals surface area contributed by atoms with Crippen LogP contribution in [0.4, 0.5) is 0 Å². The van der Waals surface area contributed by atoms with Crippen molar-refractivity contribution in [3.63, 3.8) is 0 Å². The highest BCUT2D eigenvalue weighted by atomic mass is 16.3. The van der Waals surface area contributed by atoms with Gasteiger partial charge in [0.05, 0.1) is 5.60 Å². The summed E-state index contributed by atoms with van der Waals surface area (Å²) < 4.78 is 0. The van der Waals surface area contributed by atoms with E-state index in [-0.39, 0.29) is 5.60 Å². The molecule has 0 spiro atoms. The average Bonchev–Trinajstić information content (AvgIpc) is 2.36. The van der Waals surface area contributed by atoms with Gasteiger partial charge in [-0.2, -0.15) is 0 Å². The third-order valence-electron chi connectivity index (χ3n) is 6.82. The van der Waals surface area contributed by atoms with Gasteiger partial charge in [-0.05, 0) is 100 Å². The molecule has 1 aliphatic heterocycles. The number of aliphatic hydroxyl groups is 1. The lowest BCUT2D eigenvalue weighted by Gasteiger charge is -2.57. The molecule has 4 aliphatic carbocycles. The van der Waals surface area contributed by atoms with Crippen LogP contribution in [-0.2, 0) is 0 Å². The summed E-state index contributed by atoms with van der Waals surface area (Å²) in [5.41, 5.74) is 0.309. The summed E-state index contributed by atoms with van der Waals surface area (Å²) in [5.74, 6) is 3.15. The van der Waals surface area contributed by atoms with Crippen LogP contribution in [0.2, 0.25) is 0 Å². The summed E-state index contributed by atoms with van der Waals surface area (Å²) in [4.78, 5) is 0. The molecule has 2 heteroatoms. The Bertz CT molecular complexity index is 310. The molecular weight excluding hydrogens is 234 g/mol. The van der Waals surface area contributed by atoms with Crippen molar-refractivity contribution < 1.29 is 5.11 Å². The van der Waals surface area contributed by atoms with Crippen molar-refractivity contribution in [2.45, 2.75) is 69.8 Å². The van der Waals surface area contributed by atoms with Gasteiger partial charge in [-0.25, -0.2) is 0 Å². The highest BCUT2D eigenvalue weighted by Crippen LogP contribution is 2.62. The quantitative estimate of drug-likeness (QED) is 0.820. The Morgan fingerprint density at radius 1 is 0.842 bits per heavy atom. The van der Waals surface area contributed by atoms with Gasteiger partial charge in [-0.1, -0.05) is 0 Å².